The fourth-order valence-corrected chi connectivity index (χ4v) is 4.53. The van der Waals surface area contributed by atoms with E-state index in [1.54, 1.807) is 12.1 Å². The van der Waals surface area contributed by atoms with Gasteiger partial charge in [0.15, 0.2) is 0 Å². The van der Waals surface area contributed by atoms with Gasteiger partial charge in [-0.2, -0.15) is 4.31 Å². The van der Waals surface area contributed by atoms with Crippen molar-refractivity contribution in [1.82, 2.24) is 14.3 Å². The molecule has 0 bridgehead atoms. The zero-order chi connectivity index (χ0) is 22.7. The Morgan fingerprint density at radius 1 is 1.03 bits per heavy atom. The third kappa shape index (κ3) is 4.56. The summed E-state index contributed by atoms with van der Waals surface area (Å²) in [5, 5.41) is 2.74. The highest BCUT2D eigenvalue weighted by molar-refractivity contribution is 7.89. The van der Waals surface area contributed by atoms with E-state index < -0.39 is 15.9 Å². The molecule has 0 unspecified atom stereocenters. The molecule has 4 rings (SSSR count). The van der Waals surface area contributed by atoms with E-state index in [1.165, 1.54) is 13.1 Å². The smallest absolute Gasteiger partial charge is 0.243 e. The van der Waals surface area contributed by atoms with Crippen molar-refractivity contribution in [2.45, 2.75) is 18.2 Å². The molecular formula is C24H24N4O3S. The third-order valence-corrected chi connectivity index (χ3v) is 7.02. The topological polar surface area (TPSA) is 95.2 Å². The number of hydrogen-bond donors (Lipinski definition) is 2. The van der Waals surface area contributed by atoms with Crippen molar-refractivity contribution in [2.24, 2.45) is 0 Å². The van der Waals surface area contributed by atoms with Gasteiger partial charge in [0, 0.05) is 18.3 Å². The normalized spacial score (nSPS) is 11.7. The molecule has 8 heteroatoms. The molecule has 0 saturated heterocycles. The summed E-state index contributed by atoms with van der Waals surface area (Å²) >= 11 is 0. The zero-order valence-corrected chi connectivity index (χ0v) is 18.7. The fraction of sp³-hybridized carbons (Fsp3) is 0.167. The second kappa shape index (κ2) is 8.94. The van der Waals surface area contributed by atoms with Gasteiger partial charge in [0.2, 0.25) is 15.9 Å². The minimum atomic E-state index is -3.86. The summed E-state index contributed by atoms with van der Waals surface area (Å²) < 4.78 is 27.1. The van der Waals surface area contributed by atoms with E-state index in [0.717, 1.165) is 21.9 Å². The van der Waals surface area contributed by atoms with Crippen LogP contribution in [0.15, 0.2) is 77.7 Å². The molecule has 1 heterocycles. The van der Waals surface area contributed by atoms with Crippen LogP contribution in [0, 0.1) is 0 Å². The van der Waals surface area contributed by atoms with Crippen LogP contribution < -0.4 is 5.32 Å². The Balaban J connectivity index is 1.50. The highest BCUT2D eigenvalue weighted by Gasteiger charge is 2.24. The van der Waals surface area contributed by atoms with Gasteiger partial charge in [-0.3, -0.25) is 4.79 Å². The number of aromatic amines is 1. The van der Waals surface area contributed by atoms with Gasteiger partial charge >= 0.3 is 0 Å². The Morgan fingerprint density at radius 2 is 1.75 bits per heavy atom. The van der Waals surface area contributed by atoms with Crippen LogP contribution in [0.4, 0.5) is 5.69 Å². The molecule has 0 spiro atoms. The first-order valence-corrected chi connectivity index (χ1v) is 11.7. The molecule has 2 N–H and O–H groups in total. The van der Waals surface area contributed by atoms with Gasteiger partial charge in [0.25, 0.3) is 0 Å². The summed E-state index contributed by atoms with van der Waals surface area (Å²) in [7, 11) is -2.47. The molecule has 0 atom stereocenters. The first kappa shape index (κ1) is 21.7. The molecule has 7 nitrogen and oxygen atoms in total. The van der Waals surface area contributed by atoms with Gasteiger partial charge < -0.3 is 10.3 Å². The number of H-pyrrole nitrogens is 1. The number of fused-ring (bicyclic) bond motifs is 1. The lowest BCUT2D eigenvalue weighted by atomic mass is 10.1. The lowest BCUT2D eigenvalue weighted by Gasteiger charge is -2.17. The van der Waals surface area contributed by atoms with E-state index >= 15 is 0 Å². The summed E-state index contributed by atoms with van der Waals surface area (Å²) in [4.78, 5) is 20.2. The van der Waals surface area contributed by atoms with Crippen molar-refractivity contribution >= 4 is 32.7 Å². The van der Waals surface area contributed by atoms with Crippen LogP contribution in [0.5, 0.6) is 0 Å². The van der Waals surface area contributed by atoms with E-state index in [2.05, 4.69) is 22.2 Å². The number of benzene rings is 3. The molecule has 0 radical (unpaired) electrons. The molecule has 4 aromatic rings. The summed E-state index contributed by atoms with van der Waals surface area (Å²) in [6.07, 6.45) is 0.905. The van der Waals surface area contributed by atoms with Crippen LogP contribution in [0.2, 0.25) is 0 Å². The minimum absolute atomic E-state index is 0.0934. The Kier molecular flexibility index (Phi) is 6.07. The second-order valence-electron chi connectivity index (χ2n) is 7.49. The van der Waals surface area contributed by atoms with Crippen molar-refractivity contribution in [1.29, 1.82) is 0 Å². The predicted molar refractivity (Wildman–Crippen MR) is 126 cm³/mol. The van der Waals surface area contributed by atoms with Crippen LogP contribution in [-0.4, -0.2) is 42.2 Å². The SMILES string of the molecule is CCc1ccc(NC(=O)CN(C)S(=O)(=O)c2ccc3nc(-c4ccccc4)[nH]c3c2)cc1. The summed E-state index contributed by atoms with van der Waals surface area (Å²) in [5.74, 6) is 0.256. The lowest BCUT2D eigenvalue weighted by molar-refractivity contribution is -0.116. The highest BCUT2D eigenvalue weighted by Crippen LogP contribution is 2.24. The molecule has 1 amide bonds. The first-order chi connectivity index (χ1) is 15.4. The monoisotopic (exact) mass is 448 g/mol. The fourth-order valence-electron chi connectivity index (χ4n) is 3.37. The number of sulfonamides is 1. The first-order valence-electron chi connectivity index (χ1n) is 10.3. The molecule has 0 saturated carbocycles. The molecule has 1 aromatic heterocycles. The van der Waals surface area contributed by atoms with E-state index in [0.29, 0.717) is 22.5 Å². The lowest BCUT2D eigenvalue weighted by Crippen LogP contribution is -2.34. The number of anilines is 1. The number of imidazole rings is 1. The van der Waals surface area contributed by atoms with Gasteiger partial charge in [-0.25, -0.2) is 13.4 Å². The largest absolute Gasteiger partial charge is 0.338 e. The summed E-state index contributed by atoms with van der Waals surface area (Å²) in [5.41, 5.74) is 3.98. The average Bonchev–Trinajstić information content (AvgIpc) is 3.23. The van der Waals surface area contributed by atoms with E-state index in [9.17, 15) is 13.2 Å². The molecule has 0 aliphatic carbocycles. The number of carbonyl (C=O) groups is 1. The number of likely N-dealkylation sites (N-methyl/N-ethyl adjacent to an activating group) is 1. The second-order valence-corrected chi connectivity index (χ2v) is 9.54. The molecule has 3 aromatic carbocycles. The molecular weight excluding hydrogens is 424 g/mol. The van der Waals surface area contributed by atoms with Gasteiger partial charge in [-0.1, -0.05) is 49.4 Å². The summed E-state index contributed by atoms with van der Waals surface area (Å²) in [6.45, 7) is 1.75. The number of carbonyl (C=O) groups excluding carboxylic acids is 1. The maximum absolute atomic E-state index is 13.0. The van der Waals surface area contributed by atoms with Crippen molar-refractivity contribution in [2.75, 3.05) is 18.9 Å². The standard InChI is InChI=1S/C24H24N4O3S/c1-3-17-9-11-19(12-10-17)25-23(29)16-28(2)32(30,31)20-13-14-21-22(15-20)27-24(26-21)18-7-5-4-6-8-18/h4-15H,3,16H2,1-2H3,(H,25,29)(H,26,27). The number of amides is 1. The number of hydrogen-bond acceptors (Lipinski definition) is 4. The maximum Gasteiger partial charge on any atom is 0.243 e. The summed E-state index contributed by atoms with van der Waals surface area (Å²) in [6, 6.07) is 21.8. The Bertz CT molecular complexity index is 1350. The molecule has 0 aliphatic rings. The third-order valence-electron chi connectivity index (χ3n) is 5.22. The number of rotatable bonds is 7. The van der Waals surface area contributed by atoms with Gasteiger partial charge in [-0.15, -0.1) is 0 Å². The number of nitrogens with one attached hydrogen (secondary N) is 2. The molecule has 0 fully saturated rings. The Morgan fingerprint density at radius 3 is 2.44 bits per heavy atom. The van der Waals surface area contributed by atoms with Crippen LogP contribution in [-0.2, 0) is 21.2 Å². The van der Waals surface area contributed by atoms with E-state index in [-0.39, 0.29) is 11.4 Å². The van der Waals surface area contributed by atoms with Crippen LogP contribution in [0.1, 0.15) is 12.5 Å². The molecule has 164 valence electrons. The van der Waals surface area contributed by atoms with E-state index in [1.807, 2.05) is 54.6 Å². The maximum atomic E-state index is 13.0. The highest BCUT2D eigenvalue weighted by atomic mass is 32.2. The number of aryl methyl sites for hydroxylation is 1. The van der Waals surface area contributed by atoms with Crippen LogP contribution >= 0.6 is 0 Å². The Hall–Kier alpha value is -3.49. The van der Waals surface area contributed by atoms with Gasteiger partial charge in [-0.05, 0) is 42.3 Å². The predicted octanol–water partition coefficient (Wildman–Crippen LogP) is 4.05. The van der Waals surface area contributed by atoms with Crippen molar-refractivity contribution in [3.8, 4) is 11.4 Å². The number of aromatic nitrogens is 2. The quantitative estimate of drug-likeness (QED) is 0.446. The van der Waals surface area contributed by atoms with Crippen molar-refractivity contribution < 1.29 is 13.2 Å². The average molecular weight is 449 g/mol. The van der Waals surface area contributed by atoms with Crippen molar-refractivity contribution in [3.05, 3.63) is 78.4 Å². The number of nitrogens with zero attached hydrogens (tertiary/aromatic N) is 2. The minimum Gasteiger partial charge on any atom is -0.338 e. The molecule has 0 aliphatic heterocycles. The van der Waals surface area contributed by atoms with Crippen LogP contribution in [0.25, 0.3) is 22.4 Å². The van der Waals surface area contributed by atoms with E-state index in [4.69, 9.17) is 0 Å². The zero-order valence-electron chi connectivity index (χ0n) is 17.9. The molecule has 32 heavy (non-hydrogen) atoms. The van der Waals surface area contributed by atoms with Gasteiger partial charge in [0.1, 0.15) is 5.82 Å². The van der Waals surface area contributed by atoms with Crippen molar-refractivity contribution in [3.63, 3.8) is 0 Å². The Labute approximate surface area is 187 Å². The van der Waals surface area contributed by atoms with Gasteiger partial charge in [0.05, 0.1) is 22.5 Å². The van der Waals surface area contributed by atoms with Crippen LogP contribution in [0.3, 0.4) is 0 Å².